The number of hydrogen-bond donors (Lipinski definition) is 1. The SMILES string of the molecule is CC(C)CCC[C@H](C)CCC[C@@H](C)CCC[C@H](C)CCOCCCO. The molecule has 0 unspecified atom stereocenters. The minimum absolute atomic E-state index is 0.240. The molecule has 2 nitrogen and oxygen atoms in total. The van der Waals surface area contributed by atoms with Crippen molar-refractivity contribution in [2.45, 2.75) is 105 Å². The molecular weight excluding hydrogens is 308 g/mol. The Morgan fingerprint density at radius 1 is 0.560 bits per heavy atom. The number of hydrogen-bond acceptors (Lipinski definition) is 2. The molecule has 1 N–H and O–H groups in total. The molecule has 0 amide bonds. The van der Waals surface area contributed by atoms with Crippen LogP contribution in [0.15, 0.2) is 0 Å². The van der Waals surface area contributed by atoms with E-state index < -0.39 is 0 Å². The Balaban J connectivity index is 3.46. The molecule has 2 heteroatoms. The summed E-state index contributed by atoms with van der Waals surface area (Å²) in [6.07, 6.45) is 14.5. The summed E-state index contributed by atoms with van der Waals surface area (Å²) in [4.78, 5) is 0. The molecule has 0 aromatic heterocycles. The van der Waals surface area contributed by atoms with Gasteiger partial charge in [-0.3, -0.25) is 0 Å². The van der Waals surface area contributed by atoms with Gasteiger partial charge >= 0.3 is 0 Å². The highest BCUT2D eigenvalue weighted by molar-refractivity contribution is 4.61. The molecule has 0 aliphatic heterocycles. The fourth-order valence-electron chi connectivity index (χ4n) is 3.49. The first-order valence-electron chi connectivity index (χ1n) is 11.1. The third-order valence-corrected chi connectivity index (χ3v) is 5.47. The van der Waals surface area contributed by atoms with E-state index in [1.165, 1.54) is 57.8 Å². The standard InChI is InChI=1S/C23H48O2/c1-20(2)10-6-11-21(3)12-7-13-22(4)14-8-15-23(5)16-19-25-18-9-17-24/h20-24H,6-19H2,1-5H3/t21-,22+,23-/m0/s1. The van der Waals surface area contributed by atoms with Crippen molar-refractivity contribution in [2.24, 2.45) is 23.7 Å². The molecular formula is C23H48O2. The lowest BCUT2D eigenvalue weighted by Gasteiger charge is -2.16. The van der Waals surface area contributed by atoms with Gasteiger partial charge in [0.25, 0.3) is 0 Å². The van der Waals surface area contributed by atoms with Crippen LogP contribution >= 0.6 is 0 Å². The average Bonchev–Trinajstić information content (AvgIpc) is 2.54. The number of aliphatic hydroxyl groups excluding tert-OH is 1. The maximum absolute atomic E-state index is 8.71. The largest absolute Gasteiger partial charge is 0.396 e. The highest BCUT2D eigenvalue weighted by Gasteiger charge is 2.08. The lowest BCUT2D eigenvalue weighted by molar-refractivity contribution is 0.105. The summed E-state index contributed by atoms with van der Waals surface area (Å²) in [5.41, 5.74) is 0. The molecule has 0 radical (unpaired) electrons. The molecule has 25 heavy (non-hydrogen) atoms. The normalized spacial score (nSPS) is 15.5. The van der Waals surface area contributed by atoms with Crippen LogP contribution < -0.4 is 0 Å². The van der Waals surface area contributed by atoms with Crippen molar-refractivity contribution in [1.82, 2.24) is 0 Å². The summed E-state index contributed by atoms with van der Waals surface area (Å²) < 4.78 is 5.53. The zero-order valence-corrected chi connectivity index (χ0v) is 18.1. The van der Waals surface area contributed by atoms with E-state index >= 15 is 0 Å². The molecule has 0 aromatic rings. The molecule has 0 saturated carbocycles. The van der Waals surface area contributed by atoms with Crippen molar-refractivity contribution in [3.8, 4) is 0 Å². The topological polar surface area (TPSA) is 29.5 Å². The monoisotopic (exact) mass is 356 g/mol. The van der Waals surface area contributed by atoms with Crippen LogP contribution in [0.3, 0.4) is 0 Å². The van der Waals surface area contributed by atoms with Gasteiger partial charge in [0.15, 0.2) is 0 Å². The summed E-state index contributed by atoms with van der Waals surface area (Å²) in [6, 6.07) is 0. The van der Waals surface area contributed by atoms with Gasteiger partial charge in [-0.1, -0.05) is 92.4 Å². The van der Waals surface area contributed by atoms with Crippen molar-refractivity contribution >= 4 is 0 Å². The van der Waals surface area contributed by atoms with Crippen molar-refractivity contribution in [3.05, 3.63) is 0 Å². The first-order chi connectivity index (χ1) is 12.0. The second-order valence-corrected chi connectivity index (χ2v) is 8.98. The quantitative estimate of drug-likeness (QED) is 0.272. The summed E-state index contributed by atoms with van der Waals surface area (Å²) in [7, 11) is 0. The first kappa shape index (κ1) is 24.9. The molecule has 0 aromatic carbocycles. The van der Waals surface area contributed by atoms with Gasteiger partial charge in [0.1, 0.15) is 0 Å². The van der Waals surface area contributed by atoms with Crippen LogP contribution in [0.4, 0.5) is 0 Å². The van der Waals surface area contributed by atoms with E-state index in [1.54, 1.807) is 0 Å². The lowest BCUT2D eigenvalue weighted by atomic mass is 9.91. The molecule has 0 rings (SSSR count). The molecule has 0 fully saturated rings. The van der Waals surface area contributed by atoms with E-state index in [9.17, 15) is 0 Å². The first-order valence-corrected chi connectivity index (χ1v) is 11.1. The molecule has 152 valence electrons. The van der Waals surface area contributed by atoms with Crippen LogP contribution in [0.1, 0.15) is 105 Å². The molecule has 0 bridgehead atoms. The van der Waals surface area contributed by atoms with Crippen molar-refractivity contribution < 1.29 is 9.84 Å². The van der Waals surface area contributed by atoms with Gasteiger partial charge in [0.2, 0.25) is 0 Å². The molecule has 3 atom stereocenters. The van der Waals surface area contributed by atoms with Gasteiger partial charge in [-0.05, 0) is 36.5 Å². The highest BCUT2D eigenvalue weighted by Crippen LogP contribution is 2.22. The number of aliphatic hydroxyl groups is 1. The van der Waals surface area contributed by atoms with Crippen LogP contribution in [0, 0.1) is 23.7 Å². The predicted molar refractivity (Wildman–Crippen MR) is 111 cm³/mol. The Kier molecular flexibility index (Phi) is 17.3. The van der Waals surface area contributed by atoms with E-state index in [4.69, 9.17) is 9.84 Å². The van der Waals surface area contributed by atoms with Crippen molar-refractivity contribution in [1.29, 1.82) is 0 Å². The Morgan fingerprint density at radius 2 is 1.00 bits per heavy atom. The summed E-state index contributed by atoms with van der Waals surface area (Å²) >= 11 is 0. The average molecular weight is 357 g/mol. The molecule has 0 aliphatic carbocycles. The van der Waals surface area contributed by atoms with Crippen LogP contribution in [0.25, 0.3) is 0 Å². The van der Waals surface area contributed by atoms with Gasteiger partial charge < -0.3 is 9.84 Å². The molecule has 0 spiro atoms. The molecule has 0 heterocycles. The minimum Gasteiger partial charge on any atom is -0.396 e. The predicted octanol–water partition coefficient (Wildman–Crippen LogP) is 6.85. The van der Waals surface area contributed by atoms with Crippen molar-refractivity contribution in [2.75, 3.05) is 19.8 Å². The maximum Gasteiger partial charge on any atom is 0.0487 e. The van der Waals surface area contributed by atoms with Crippen molar-refractivity contribution in [3.63, 3.8) is 0 Å². The number of ether oxygens (including phenoxy) is 1. The second kappa shape index (κ2) is 17.3. The fraction of sp³-hybridized carbons (Fsp3) is 1.00. The Morgan fingerprint density at radius 3 is 1.44 bits per heavy atom. The van der Waals surface area contributed by atoms with Gasteiger partial charge in [0.05, 0.1) is 0 Å². The third-order valence-electron chi connectivity index (χ3n) is 5.47. The van der Waals surface area contributed by atoms with Gasteiger partial charge in [-0.2, -0.15) is 0 Å². The zero-order chi connectivity index (χ0) is 18.9. The summed E-state index contributed by atoms with van der Waals surface area (Å²) in [5, 5.41) is 8.71. The zero-order valence-electron chi connectivity index (χ0n) is 18.1. The molecule has 0 saturated heterocycles. The van der Waals surface area contributed by atoms with E-state index in [-0.39, 0.29) is 6.61 Å². The van der Waals surface area contributed by atoms with Crippen LogP contribution in [-0.4, -0.2) is 24.9 Å². The smallest absolute Gasteiger partial charge is 0.0487 e. The summed E-state index contributed by atoms with van der Waals surface area (Å²) in [6.45, 7) is 13.7. The van der Waals surface area contributed by atoms with E-state index in [2.05, 4.69) is 34.6 Å². The Bertz CT molecular complexity index is 265. The fourth-order valence-corrected chi connectivity index (χ4v) is 3.49. The highest BCUT2D eigenvalue weighted by atomic mass is 16.5. The summed E-state index contributed by atoms with van der Waals surface area (Å²) in [5.74, 6) is 3.43. The van der Waals surface area contributed by atoms with Crippen LogP contribution in [0.2, 0.25) is 0 Å². The van der Waals surface area contributed by atoms with Gasteiger partial charge in [-0.25, -0.2) is 0 Å². The van der Waals surface area contributed by atoms with Gasteiger partial charge in [-0.15, -0.1) is 0 Å². The lowest BCUT2D eigenvalue weighted by Crippen LogP contribution is -2.05. The van der Waals surface area contributed by atoms with Gasteiger partial charge in [0, 0.05) is 19.8 Å². The van der Waals surface area contributed by atoms with Crippen LogP contribution in [0.5, 0.6) is 0 Å². The third kappa shape index (κ3) is 18.5. The van der Waals surface area contributed by atoms with E-state index in [1.807, 2.05) is 0 Å². The maximum atomic E-state index is 8.71. The van der Waals surface area contributed by atoms with E-state index in [0.29, 0.717) is 6.61 Å². The van der Waals surface area contributed by atoms with E-state index in [0.717, 1.165) is 43.1 Å². The number of rotatable bonds is 18. The van der Waals surface area contributed by atoms with Crippen LogP contribution in [-0.2, 0) is 4.74 Å². The Labute approximate surface area is 159 Å². The second-order valence-electron chi connectivity index (χ2n) is 8.98. The molecule has 0 aliphatic rings. The minimum atomic E-state index is 0.240. The Hall–Kier alpha value is -0.0800.